The lowest BCUT2D eigenvalue weighted by Crippen LogP contribution is -2.15. The fourth-order valence-electron chi connectivity index (χ4n) is 1.33. The first-order chi connectivity index (χ1) is 7.45. The highest BCUT2D eigenvalue weighted by atomic mass is 127. The molecule has 1 aromatic rings. The molecule has 0 aliphatic rings. The lowest BCUT2D eigenvalue weighted by Gasteiger charge is -2.14. The molecule has 0 fully saturated rings. The number of phenols is 1. The van der Waals surface area contributed by atoms with Crippen LogP contribution in [0.1, 0.15) is 18.0 Å². The Morgan fingerprint density at radius 1 is 1.62 bits per heavy atom. The molecular formula is C10H12INO4. The maximum absolute atomic E-state index is 10.5. The minimum atomic E-state index is -1.01. The monoisotopic (exact) mass is 337 g/mol. The van der Waals surface area contributed by atoms with Gasteiger partial charge in [-0.15, -0.1) is 0 Å². The summed E-state index contributed by atoms with van der Waals surface area (Å²) in [5, 5.41) is 18.4. The Bertz CT molecular complexity index is 408. The summed E-state index contributed by atoms with van der Waals surface area (Å²) < 4.78 is 5.79. The number of carboxylic acid groups (broad SMARTS) is 1. The molecule has 16 heavy (non-hydrogen) atoms. The zero-order valence-corrected chi connectivity index (χ0v) is 10.8. The van der Waals surface area contributed by atoms with Crippen LogP contribution in [0.3, 0.4) is 0 Å². The first kappa shape index (κ1) is 13.0. The molecule has 0 heterocycles. The Balaban J connectivity index is 3.12. The second-order valence-electron chi connectivity index (χ2n) is 3.25. The number of rotatable bonds is 4. The molecule has 0 saturated heterocycles. The van der Waals surface area contributed by atoms with Gasteiger partial charge in [0.15, 0.2) is 11.5 Å². The standard InChI is InChI=1S/C10H12INO4/c1-16-8-3-5(11)2-6(10(8)15)7(12)4-9(13)14/h2-3,7,15H,4,12H2,1H3,(H,13,14). The molecule has 0 radical (unpaired) electrons. The van der Waals surface area contributed by atoms with E-state index in [1.54, 1.807) is 12.1 Å². The summed E-state index contributed by atoms with van der Waals surface area (Å²) in [6, 6.07) is 2.54. The van der Waals surface area contributed by atoms with Gasteiger partial charge in [-0.1, -0.05) is 0 Å². The summed E-state index contributed by atoms with van der Waals surface area (Å²) >= 11 is 2.04. The van der Waals surface area contributed by atoms with Gasteiger partial charge in [0, 0.05) is 15.2 Å². The molecule has 1 rings (SSSR count). The number of ether oxygens (including phenoxy) is 1. The Morgan fingerprint density at radius 2 is 2.25 bits per heavy atom. The van der Waals surface area contributed by atoms with Gasteiger partial charge in [-0.05, 0) is 34.7 Å². The number of methoxy groups -OCH3 is 1. The van der Waals surface area contributed by atoms with Gasteiger partial charge < -0.3 is 20.7 Å². The Hall–Kier alpha value is -1.02. The highest BCUT2D eigenvalue weighted by Gasteiger charge is 2.18. The van der Waals surface area contributed by atoms with Crippen molar-refractivity contribution in [3.63, 3.8) is 0 Å². The predicted octanol–water partition coefficient (Wildman–Crippen LogP) is 1.48. The molecule has 0 bridgehead atoms. The number of nitrogens with two attached hydrogens (primary N) is 1. The van der Waals surface area contributed by atoms with Crippen LogP contribution in [0.25, 0.3) is 0 Å². The quantitative estimate of drug-likeness (QED) is 0.724. The van der Waals surface area contributed by atoms with Crippen molar-refractivity contribution in [1.82, 2.24) is 0 Å². The fraction of sp³-hybridized carbons (Fsp3) is 0.300. The first-order valence-corrected chi connectivity index (χ1v) is 5.57. The van der Waals surface area contributed by atoms with Crippen LogP contribution < -0.4 is 10.5 Å². The average molecular weight is 337 g/mol. The van der Waals surface area contributed by atoms with E-state index in [4.69, 9.17) is 15.6 Å². The summed E-state index contributed by atoms with van der Waals surface area (Å²) in [6.45, 7) is 0. The molecule has 1 unspecified atom stereocenters. The van der Waals surface area contributed by atoms with Gasteiger partial charge in [0.25, 0.3) is 0 Å². The van der Waals surface area contributed by atoms with Crippen molar-refractivity contribution in [3.05, 3.63) is 21.3 Å². The fourth-order valence-corrected chi connectivity index (χ4v) is 1.95. The van der Waals surface area contributed by atoms with Gasteiger partial charge in [0.1, 0.15) is 0 Å². The molecule has 5 nitrogen and oxygen atoms in total. The lowest BCUT2D eigenvalue weighted by atomic mass is 10.0. The van der Waals surface area contributed by atoms with E-state index >= 15 is 0 Å². The third-order valence-electron chi connectivity index (χ3n) is 2.08. The van der Waals surface area contributed by atoms with Gasteiger partial charge in [0.05, 0.1) is 13.5 Å². The molecule has 1 atom stereocenters. The van der Waals surface area contributed by atoms with Crippen molar-refractivity contribution in [3.8, 4) is 11.5 Å². The number of hydrogen-bond acceptors (Lipinski definition) is 4. The van der Waals surface area contributed by atoms with E-state index in [2.05, 4.69) is 0 Å². The van der Waals surface area contributed by atoms with Crippen molar-refractivity contribution < 1.29 is 19.7 Å². The van der Waals surface area contributed by atoms with Crippen LogP contribution in [0, 0.1) is 3.57 Å². The molecule has 1 aromatic carbocycles. The summed E-state index contributed by atoms with van der Waals surface area (Å²) in [5.41, 5.74) is 6.07. The molecule has 0 spiro atoms. The highest BCUT2D eigenvalue weighted by molar-refractivity contribution is 14.1. The SMILES string of the molecule is COc1cc(I)cc(C(N)CC(=O)O)c1O. The summed E-state index contributed by atoms with van der Waals surface area (Å²) in [7, 11) is 1.43. The third kappa shape index (κ3) is 2.99. The molecule has 0 aromatic heterocycles. The molecular weight excluding hydrogens is 325 g/mol. The molecule has 88 valence electrons. The molecule has 0 amide bonds. The maximum atomic E-state index is 10.5. The van der Waals surface area contributed by atoms with Crippen LogP contribution in [0.2, 0.25) is 0 Å². The summed E-state index contributed by atoms with van der Waals surface area (Å²) in [5.74, 6) is -0.816. The van der Waals surface area contributed by atoms with E-state index in [9.17, 15) is 9.90 Å². The number of aromatic hydroxyl groups is 1. The minimum Gasteiger partial charge on any atom is -0.504 e. The van der Waals surface area contributed by atoms with Crippen LogP contribution in [-0.4, -0.2) is 23.3 Å². The van der Waals surface area contributed by atoms with Crippen LogP contribution in [-0.2, 0) is 4.79 Å². The summed E-state index contributed by atoms with van der Waals surface area (Å²) in [4.78, 5) is 10.5. The van der Waals surface area contributed by atoms with E-state index in [-0.39, 0.29) is 12.2 Å². The molecule has 0 aliphatic heterocycles. The maximum Gasteiger partial charge on any atom is 0.305 e. The topological polar surface area (TPSA) is 92.8 Å². The Kier molecular flexibility index (Phi) is 4.36. The lowest BCUT2D eigenvalue weighted by molar-refractivity contribution is -0.137. The van der Waals surface area contributed by atoms with E-state index in [0.717, 1.165) is 3.57 Å². The minimum absolute atomic E-state index is 0.100. The normalized spacial score (nSPS) is 12.2. The predicted molar refractivity (Wildman–Crippen MR) is 66.6 cm³/mol. The number of carboxylic acids is 1. The largest absolute Gasteiger partial charge is 0.504 e. The average Bonchev–Trinajstić information content (AvgIpc) is 2.19. The first-order valence-electron chi connectivity index (χ1n) is 4.49. The van der Waals surface area contributed by atoms with Crippen LogP contribution >= 0.6 is 22.6 Å². The zero-order chi connectivity index (χ0) is 12.3. The number of phenolic OH excluding ortho intramolecular Hbond substituents is 1. The number of carbonyl (C=O) groups is 1. The summed E-state index contributed by atoms with van der Waals surface area (Å²) in [6.07, 6.45) is -0.239. The Morgan fingerprint density at radius 3 is 2.75 bits per heavy atom. The van der Waals surface area contributed by atoms with E-state index < -0.39 is 12.0 Å². The van der Waals surface area contributed by atoms with Crippen molar-refractivity contribution in [1.29, 1.82) is 0 Å². The zero-order valence-electron chi connectivity index (χ0n) is 8.61. The van der Waals surface area contributed by atoms with Gasteiger partial charge in [-0.2, -0.15) is 0 Å². The van der Waals surface area contributed by atoms with Crippen molar-refractivity contribution in [2.45, 2.75) is 12.5 Å². The van der Waals surface area contributed by atoms with Crippen LogP contribution in [0.5, 0.6) is 11.5 Å². The number of hydrogen-bond donors (Lipinski definition) is 3. The second-order valence-corrected chi connectivity index (χ2v) is 4.50. The second kappa shape index (κ2) is 5.35. The molecule has 6 heteroatoms. The number of benzene rings is 1. The number of halogens is 1. The van der Waals surface area contributed by atoms with E-state index in [0.29, 0.717) is 11.3 Å². The van der Waals surface area contributed by atoms with Gasteiger partial charge >= 0.3 is 5.97 Å². The van der Waals surface area contributed by atoms with Crippen molar-refractivity contribution in [2.24, 2.45) is 5.73 Å². The molecule has 0 aliphatic carbocycles. The highest BCUT2D eigenvalue weighted by Crippen LogP contribution is 2.35. The van der Waals surface area contributed by atoms with Crippen molar-refractivity contribution >= 4 is 28.6 Å². The van der Waals surface area contributed by atoms with Crippen LogP contribution in [0.15, 0.2) is 12.1 Å². The van der Waals surface area contributed by atoms with Crippen LogP contribution in [0.4, 0.5) is 0 Å². The number of aliphatic carboxylic acids is 1. The molecule has 4 N–H and O–H groups in total. The van der Waals surface area contributed by atoms with E-state index in [1.165, 1.54) is 7.11 Å². The smallest absolute Gasteiger partial charge is 0.305 e. The van der Waals surface area contributed by atoms with Gasteiger partial charge in [-0.3, -0.25) is 4.79 Å². The Labute approximate surface area is 106 Å². The van der Waals surface area contributed by atoms with E-state index in [1.807, 2.05) is 22.6 Å². The van der Waals surface area contributed by atoms with Gasteiger partial charge in [-0.25, -0.2) is 0 Å². The molecule has 0 saturated carbocycles. The van der Waals surface area contributed by atoms with Crippen molar-refractivity contribution in [2.75, 3.05) is 7.11 Å². The van der Waals surface area contributed by atoms with Gasteiger partial charge in [0.2, 0.25) is 0 Å². The third-order valence-corrected chi connectivity index (χ3v) is 2.71.